The van der Waals surface area contributed by atoms with Crippen LogP contribution < -0.4 is 5.32 Å². The standard InChI is InChI=1S/C17H16ClN3OS/c1-10-4-5-13(18)7-15(10)21-16(22)9-23-17-14(8-19)11(2)6-12(3)20-17/h4-7H,9H2,1-3H3,(H,21,22). The van der Waals surface area contributed by atoms with Crippen LogP contribution in [0, 0.1) is 32.1 Å². The van der Waals surface area contributed by atoms with Crippen LogP contribution in [0.1, 0.15) is 22.4 Å². The lowest BCUT2D eigenvalue weighted by Gasteiger charge is -2.10. The van der Waals surface area contributed by atoms with E-state index in [2.05, 4.69) is 16.4 Å². The zero-order valence-electron chi connectivity index (χ0n) is 13.1. The summed E-state index contributed by atoms with van der Waals surface area (Å²) in [7, 11) is 0. The smallest absolute Gasteiger partial charge is 0.234 e. The van der Waals surface area contributed by atoms with Crippen LogP contribution in [0.3, 0.4) is 0 Å². The highest BCUT2D eigenvalue weighted by Crippen LogP contribution is 2.24. The number of benzene rings is 1. The third kappa shape index (κ3) is 4.47. The van der Waals surface area contributed by atoms with Crippen molar-refractivity contribution in [2.45, 2.75) is 25.8 Å². The molecular formula is C17H16ClN3OS. The number of aryl methyl sites for hydroxylation is 3. The molecule has 0 unspecified atom stereocenters. The highest BCUT2D eigenvalue weighted by molar-refractivity contribution is 8.00. The summed E-state index contributed by atoms with van der Waals surface area (Å²) in [6, 6.07) is 9.35. The van der Waals surface area contributed by atoms with Crippen LogP contribution in [0.15, 0.2) is 29.3 Å². The number of thioether (sulfide) groups is 1. The summed E-state index contributed by atoms with van der Waals surface area (Å²) in [5.74, 6) is 0.0153. The summed E-state index contributed by atoms with van der Waals surface area (Å²) in [4.78, 5) is 16.5. The predicted octanol–water partition coefficient (Wildman–Crippen LogP) is 4.26. The van der Waals surface area contributed by atoms with Gasteiger partial charge in [0.1, 0.15) is 11.1 Å². The van der Waals surface area contributed by atoms with Crippen molar-refractivity contribution in [3.05, 3.63) is 51.7 Å². The van der Waals surface area contributed by atoms with Crippen molar-refractivity contribution < 1.29 is 4.79 Å². The number of amides is 1. The van der Waals surface area contributed by atoms with Crippen molar-refractivity contribution >= 4 is 35.0 Å². The molecular weight excluding hydrogens is 330 g/mol. The first-order valence-electron chi connectivity index (χ1n) is 6.98. The molecule has 2 aromatic rings. The molecule has 0 spiro atoms. The molecule has 0 saturated carbocycles. The molecule has 4 nitrogen and oxygen atoms in total. The van der Waals surface area contributed by atoms with E-state index in [4.69, 9.17) is 11.6 Å². The van der Waals surface area contributed by atoms with E-state index in [0.29, 0.717) is 21.3 Å². The first-order chi connectivity index (χ1) is 10.9. The van der Waals surface area contributed by atoms with Gasteiger partial charge < -0.3 is 5.32 Å². The summed E-state index contributed by atoms with van der Waals surface area (Å²) >= 11 is 7.20. The Balaban J connectivity index is 2.08. The fourth-order valence-corrected chi connectivity index (χ4v) is 3.16. The van der Waals surface area contributed by atoms with Crippen LogP contribution in [0.5, 0.6) is 0 Å². The second-order valence-corrected chi connectivity index (χ2v) is 6.57. The van der Waals surface area contributed by atoms with E-state index >= 15 is 0 Å². The van der Waals surface area contributed by atoms with E-state index in [1.807, 2.05) is 32.9 Å². The summed E-state index contributed by atoms with van der Waals surface area (Å²) in [6.07, 6.45) is 0. The maximum absolute atomic E-state index is 12.1. The molecule has 0 radical (unpaired) electrons. The van der Waals surface area contributed by atoms with E-state index in [1.165, 1.54) is 11.8 Å². The zero-order chi connectivity index (χ0) is 17.0. The van der Waals surface area contributed by atoms with E-state index in [0.717, 1.165) is 16.8 Å². The molecule has 0 fully saturated rings. The fraction of sp³-hybridized carbons (Fsp3) is 0.235. The molecule has 6 heteroatoms. The molecule has 1 aromatic heterocycles. The van der Waals surface area contributed by atoms with Crippen LogP contribution in [0.4, 0.5) is 5.69 Å². The highest BCUT2D eigenvalue weighted by Gasteiger charge is 2.12. The number of hydrogen-bond donors (Lipinski definition) is 1. The maximum Gasteiger partial charge on any atom is 0.234 e. The molecule has 1 amide bonds. The molecule has 0 aliphatic rings. The van der Waals surface area contributed by atoms with Crippen molar-refractivity contribution in [3.8, 4) is 6.07 Å². The number of carbonyl (C=O) groups is 1. The van der Waals surface area contributed by atoms with Crippen LogP contribution in [-0.4, -0.2) is 16.6 Å². The lowest BCUT2D eigenvalue weighted by molar-refractivity contribution is -0.113. The van der Waals surface area contributed by atoms with Crippen molar-refractivity contribution in [3.63, 3.8) is 0 Å². The third-order valence-electron chi connectivity index (χ3n) is 3.24. The summed E-state index contributed by atoms with van der Waals surface area (Å²) in [5, 5.41) is 13.2. The van der Waals surface area contributed by atoms with Gasteiger partial charge in [0.15, 0.2) is 0 Å². The van der Waals surface area contributed by atoms with Crippen molar-refractivity contribution in [1.29, 1.82) is 5.26 Å². The Morgan fingerprint density at radius 1 is 1.30 bits per heavy atom. The van der Waals surface area contributed by atoms with E-state index in [-0.39, 0.29) is 11.7 Å². The van der Waals surface area contributed by atoms with Crippen molar-refractivity contribution in [2.24, 2.45) is 0 Å². The Hall–Kier alpha value is -2.03. The minimum absolute atomic E-state index is 0.162. The van der Waals surface area contributed by atoms with Gasteiger partial charge in [0.2, 0.25) is 5.91 Å². The predicted molar refractivity (Wildman–Crippen MR) is 94.0 cm³/mol. The number of hydrogen-bond acceptors (Lipinski definition) is 4. The van der Waals surface area contributed by atoms with Gasteiger partial charge in [0.25, 0.3) is 0 Å². The number of nitrogens with zero attached hydrogens (tertiary/aromatic N) is 2. The quantitative estimate of drug-likeness (QED) is 0.841. The normalized spacial score (nSPS) is 10.2. The molecule has 0 bridgehead atoms. The van der Waals surface area contributed by atoms with Gasteiger partial charge in [0.05, 0.1) is 11.3 Å². The van der Waals surface area contributed by atoms with Gasteiger partial charge in [-0.1, -0.05) is 29.4 Å². The number of nitrogens with one attached hydrogen (secondary N) is 1. The SMILES string of the molecule is Cc1cc(C)c(C#N)c(SCC(=O)Nc2cc(Cl)ccc2C)n1. The van der Waals surface area contributed by atoms with Gasteiger partial charge in [-0.15, -0.1) is 0 Å². The first kappa shape index (κ1) is 17.3. The van der Waals surface area contributed by atoms with E-state index in [1.54, 1.807) is 12.1 Å². The summed E-state index contributed by atoms with van der Waals surface area (Å²) in [5.41, 5.74) is 3.85. The van der Waals surface area contributed by atoms with Crippen LogP contribution in [0.2, 0.25) is 5.02 Å². The number of rotatable bonds is 4. The average molecular weight is 346 g/mol. The molecule has 0 saturated heterocycles. The Bertz CT molecular complexity index is 799. The Kier molecular flexibility index (Phi) is 5.64. The molecule has 118 valence electrons. The number of carbonyl (C=O) groups excluding carboxylic acids is 1. The lowest BCUT2D eigenvalue weighted by Crippen LogP contribution is -2.15. The van der Waals surface area contributed by atoms with Crippen LogP contribution in [-0.2, 0) is 4.79 Å². The molecule has 2 rings (SSSR count). The maximum atomic E-state index is 12.1. The van der Waals surface area contributed by atoms with Gasteiger partial charge in [-0.3, -0.25) is 4.79 Å². The summed E-state index contributed by atoms with van der Waals surface area (Å²) < 4.78 is 0. The number of pyridine rings is 1. The molecule has 0 aliphatic carbocycles. The van der Waals surface area contributed by atoms with Gasteiger partial charge in [0, 0.05) is 16.4 Å². The van der Waals surface area contributed by atoms with Crippen molar-refractivity contribution in [1.82, 2.24) is 4.98 Å². The lowest BCUT2D eigenvalue weighted by atomic mass is 10.1. The van der Waals surface area contributed by atoms with Crippen LogP contribution >= 0.6 is 23.4 Å². The minimum Gasteiger partial charge on any atom is -0.325 e. The number of halogens is 1. The largest absolute Gasteiger partial charge is 0.325 e. The summed E-state index contributed by atoms with van der Waals surface area (Å²) in [6.45, 7) is 5.64. The first-order valence-corrected chi connectivity index (χ1v) is 8.34. The topological polar surface area (TPSA) is 65.8 Å². The van der Waals surface area contributed by atoms with Gasteiger partial charge in [-0.05, 0) is 50.1 Å². The van der Waals surface area contributed by atoms with Gasteiger partial charge in [-0.25, -0.2) is 4.98 Å². The monoisotopic (exact) mass is 345 g/mol. The molecule has 0 aliphatic heterocycles. The Morgan fingerprint density at radius 3 is 2.74 bits per heavy atom. The van der Waals surface area contributed by atoms with Crippen molar-refractivity contribution in [2.75, 3.05) is 11.1 Å². The molecule has 0 atom stereocenters. The third-order valence-corrected chi connectivity index (χ3v) is 4.45. The second-order valence-electron chi connectivity index (χ2n) is 5.17. The average Bonchev–Trinajstić information content (AvgIpc) is 2.48. The van der Waals surface area contributed by atoms with Gasteiger partial charge in [-0.2, -0.15) is 5.26 Å². The molecule has 23 heavy (non-hydrogen) atoms. The Morgan fingerprint density at radius 2 is 2.04 bits per heavy atom. The van der Waals surface area contributed by atoms with E-state index in [9.17, 15) is 10.1 Å². The molecule has 1 heterocycles. The highest BCUT2D eigenvalue weighted by atomic mass is 35.5. The number of anilines is 1. The van der Waals surface area contributed by atoms with Crippen LogP contribution in [0.25, 0.3) is 0 Å². The fourth-order valence-electron chi connectivity index (χ4n) is 2.09. The van der Waals surface area contributed by atoms with E-state index < -0.39 is 0 Å². The second kappa shape index (κ2) is 7.49. The molecule has 1 N–H and O–H groups in total. The minimum atomic E-state index is -0.162. The zero-order valence-corrected chi connectivity index (χ0v) is 14.7. The molecule has 1 aromatic carbocycles. The number of nitriles is 1. The Labute approximate surface area is 144 Å². The van der Waals surface area contributed by atoms with Gasteiger partial charge >= 0.3 is 0 Å². The number of aromatic nitrogens is 1.